The molecule has 1 amide bonds. The summed E-state index contributed by atoms with van der Waals surface area (Å²) in [4.78, 5) is 21.2. The third-order valence-electron chi connectivity index (χ3n) is 4.92. The van der Waals surface area contributed by atoms with E-state index in [1.165, 1.54) is 0 Å². The third-order valence-corrected chi connectivity index (χ3v) is 4.92. The molecule has 0 atom stereocenters. The second-order valence-corrected chi connectivity index (χ2v) is 6.66. The van der Waals surface area contributed by atoms with Gasteiger partial charge in [-0.25, -0.2) is 0 Å². The normalized spacial score (nSPS) is 14.2. The summed E-state index contributed by atoms with van der Waals surface area (Å²) < 4.78 is 10.4. The summed E-state index contributed by atoms with van der Waals surface area (Å²) in [6.07, 6.45) is 0. The first kappa shape index (κ1) is 18.0. The topological polar surface area (TPSA) is 71.7 Å². The molecule has 0 saturated carbocycles. The number of amides is 1. The maximum absolute atomic E-state index is 12.8. The minimum atomic E-state index is 0.0138. The van der Waals surface area contributed by atoms with Crippen LogP contribution in [-0.2, 0) is 0 Å². The standard InChI is InChI=1S/C21H22N4O3/c1-15-22-20(23-28-15)16-7-9-17(10-8-16)24-11-13-25(14-12-24)21(26)18-5-3-4-6-19(18)27-2/h3-10H,11-14H2,1-2H3. The van der Waals surface area contributed by atoms with Gasteiger partial charge in [0.05, 0.1) is 12.7 Å². The van der Waals surface area contributed by atoms with Crippen molar-refractivity contribution < 1.29 is 14.1 Å². The van der Waals surface area contributed by atoms with E-state index in [-0.39, 0.29) is 5.91 Å². The fourth-order valence-electron chi connectivity index (χ4n) is 3.40. The van der Waals surface area contributed by atoms with Gasteiger partial charge >= 0.3 is 0 Å². The predicted molar refractivity (Wildman–Crippen MR) is 106 cm³/mol. The molecule has 0 unspecified atom stereocenters. The van der Waals surface area contributed by atoms with E-state index < -0.39 is 0 Å². The van der Waals surface area contributed by atoms with Crippen molar-refractivity contribution in [3.63, 3.8) is 0 Å². The second-order valence-electron chi connectivity index (χ2n) is 6.66. The molecule has 0 aliphatic carbocycles. The molecule has 7 heteroatoms. The number of nitrogens with zero attached hydrogens (tertiary/aromatic N) is 4. The number of para-hydroxylation sites is 1. The molecule has 2 heterocycles. The van der Waals surface area contributed by atoms with Gasteiger partial charge in [0.15, 0.2) is 0 Å². The first-order valence-corrected chi connectivity index (χ1v) is 9.23. The molecule has 7 nitrogen and oxygen atoms in total. The molecule has 1 aromatic heterocycles. The number of aryl methyl sites for hydroxylation is 1. The van der Waals surface area contributed by atoms with Gasteiger partial charge in [-0.1, -0.05) is 17.3 Å². The van der Waals surface area contributed by atoms with Crippen LogP contribution < -0.4 is 9.64 Å². The highest BCUT2D eigenvalue weighted by molar-refractivity contribution is 5.97. The van der Waals surface area contributed by atoms with E-state index in [4.69, 9.17) is 9.26 Å². The van der Waals surface area contributed by atoms with Gasteiger partial charge in [0, 0.05) is 44.4 Å². The van der Waals surface area contributed by atoms with E-state index in [1.54, 1.807) is 14.0 Å². The van der Waals surface area contributed by atoms with E-state index in [2.05, 4.69) is 27.2 Å². The lowest BCUT2D eigenvalue weighted by molar-refractivity contribution is 0.0743. The molecule has 4 rings (SSSR count). The highest BCUT2D eigenvalue weighted by atomic mass is 16.5. The Morgan fingerprint density at radius 2 is 1.75 bits per heavy atom. The molecule has 1 aliphatic rings. The summed E-state index contributed by atoms with van der Waals surface area (Å²) in [5, 5.41) is 3.95. The summed E-state index contributed by atoms with van der Waals surface area (Å²) in [6.45, 7) is 4.67. The van der Waals surface area contributed by atoms with E-state index in [9.17, 15) is 4.79 Å². The maximum Gasteiger partial charge on any atom is 0.257 e. The zero-order chi connectivity index (χ0) is 19.5. The zero-order valence-corrected chi connectivity index (χ0v) is 16.0. The molecule has 1 fully saturated rings. The smallest absolute Gasteiger partial charge is 0.257 e. The van der Waals surface area contributed by atoms with E-state index in [1.807, 2.05) is 41.3 Å². The minimum Gasteiger partial charge on any atom is -0.496 e. The van der Waals surface area contributed by atoms with Crippen LogP contribution >= 0.6 is 0 Å². The molecule has 144 valence electrons. The Morgan fingerprint density at radius 1 is 1.04 bits per heavy atom. The van der Waals surface area contributed by atoms with E-state index in [0.29, 0.717) is 36.1 Å². The van der Waals surface area contributed by atoms with E-state index in [0.717, 1.165) is 24.3 Å². The van der Waals surface area contributed by atoms with Crippen molar-refractivity contribution in [2.24, 2.45) is 0 Å². The molecule has 0 radical (unpaired) electrons. The maximum atomic E-state index is 12.8. The molecular formula is C21H22N4O3. The highest BCUT2D eigenvalue weighted by Crippen LogP contribution is 2.24. The van der Waals surface area contributed by atoms with Crippen molar-refractivity contribution in [3.05, 3.63) is 60.0 Å². The molecular weight excluding hydrogens is 356 g/mol. The van der Waals surface area contributed by atoms with Crippen LogP contribution in [0.15, 0.2) is 53.1 Å². The van der Waals surface area contributed by atoms with Crippen molar-refractivity contribution in [1.82, 2.24) is 15.0 Å². The predicted octanol–water partition coefficient (Wildman–Crippen LogP) is 3.02. The molecule has 0 spiro atoms. The van der Waals surface area contributed by atoms with Gasteiger partial charge in [-0.2, -0.15) is 4.98 Å². The van der Waals surface area contributed by atoms with Crippen LogP contribution in [0.1, 0.15) is 16.2 Å². The van der Waals surface area contributed by atoms with Gasteiger partial charge in [-0.15, -0.1) is 0 Å². The first-order valence-electron chi connectivity index (χ1n) is 9.23. The molecule has 1 saturated heterocycles. The molecule has 28 heavy (non-hydrogen) atoms. The lowest BCUT2D eigenvalue weighted by atomic mass is 10.1. The van der Waals surface area contributed by atoms with Crippen LogP contribution in [0, 0.1) is 6.92 Å². The van der Waals surface area contributed by atoms with Gasteiger partial charge in [-0.05, 0) is 36.4 Å². The number of methoxy groups -OCH3 is 1. The third kappa shape index (κ3) is 3.55. The summed E-state index contributed by atoms with van der Waals surface area (Å²) in [6, 6.07) is 15.4. The van der Waals surface area contributed by atoms with E-state index >= 15 is 0 Å². The Morgan fingerprint density at radius 3 is 2.39 bits per heavy atom. The van der Waals surface area contributed by atoms with Gasteiger partial charge in [0.25, 0.3) is 5.91 Å². The Bertz CT molecular complexity index is 960. The zero-order valence-electron chi connectivity index (χ0n) is 16.0. The lowest BCUT2D eigenvalue weighted by Crippen LogP contribution is -2.48. The van der Waals surface area contributed by atoms with Crippen LogP contribution in [0.4, 0.5) is 5.69 Å². The molecule has 0 N–H and O–H groups in total. The summed E-state index contributed by atoms with van der Waals surface area (Å²) in [5.41, 5.74) is 2.65. The van der Waals surface area contributed by atoms with Crippen LogP contribution in [0.25, 0.3) is 11.4 Å². The Kier molecular flexibility index (Phi) is 4.97. The lowest BCUT2D eigenvalue weighted by Gasteiger charge is -2.36. The number of hydrogen-bond acceptors (Lipinski definition) is 6. The van der Waals surface area contributed by atoms with Crippen molar-refractivity contribution in [2.75, 3.05) is 38.2 Å². The monoisotopic (exact) mass is 378 g/mol. The van der Waals surface area contributed by atoms with Crippen molar-refractivity contribution >= 4 is 11.6 Å². The summed E-state index contributed by atoms with van der Waals surface area (Å²) >= 11 is 0. The number of rotatable bonds is 4. The molecule has 2 aromatic carbocycles. The molecule has 0 bridgehead atoms. The fourth-order valence-corrected chi connectivity index (χ4v) is 3.40. The Balaban J connectivity index is 1.40. The number of carbonyl (C=O) groups is 1. The number of aromatic nitrogens is 2. The van der Waals surface area contributed by atoms with Gasteiger partial charge in [0.1, 0.15) is 5.75 Å². The number of anilines is 1. The summed E-state index contributed by atoms with van der Waals surface area (Å²) in [7, 11) is 1.59. The number of piperazine rings is 1. The van der Waals surface area contributed by atoms with Crippen molar-refractivity contribution in [2.45, 2.75) is 6.92 Å². The van der Waals surface area contributed by atoms with Crippen molar-refractivity contribution in [1.29, 1.82) is 0 Å². The number of hydrogen-bond donors (Lipinski definition) is 0. The highest BCUT2D eigenvalue weighted by Gasteiger charge is 2.24. The number of ether oxygens (including phenoxy) is 1. The summed E-state index contributed by atoms with van der Waals surface area (Å²) in [5.74, 6) is 1.77. The van der Waals surface area contributed by atoms with Gasteiger partial charge in [-0.3, -0.25) is 4.79 Å². The Labute approximate surface area is 163 Å². The second kappa shape index (κ2) is 7.72. The number of benzene rings is 2. The van der Waals surface area contributed by atoms with Crippen LogP contribution in [0.5, 0.6) is 5.75 Å². The molecule has 3 aromatic rings. The van der Waals surface area contributed by atoms with Gasteiger partial charge in [0.2, 0.25) is 11.7 Å². The fraction of sp³-hybridized carbons (Fsp3) is 0.286. The van der Waals surface area contributed by atoms with Crippen LogP contribution in [0.2, 0.25) is 0 Å². The number of carbonyl (C=O) groups excluding carboxylic acids is 1. The van der Waals surface area contributed by atoms with Crippen LogP contribution in [0.3, 0.4) is 0 Å². The Hall–Kier alpha value is -3.35. The van der Waals surface area contributed by atoms with Crippen LogP contribution in [-0.4, -0.2) is 54.2 Å². The van der Waals surface area contributed by atoms with Gasteiger partial charge < -0.3 is 19.1 Å². The SMILES string of the molecule is COc1ccccc1C(=O)N1CCN(c2ccc(-c3noc(C)n3)cc2)CC1. The average molecular weight is 378 g/mol. The van der Waals surface area contributed by atoms with Crippen molar-refractivity contribution in [3.8, 4) is 17.1 Å². The average Bonchev–Trinajstić information content (AvgIpc) is 3.20. The largest absolute Gasteiger partial charge is 0.496 e. The quantitative estimate of drug-likeness (QED) is 0.695. The minimum absolute atomic E-state index is 0.0138. The first-order chi connectivity index (χ1) is 13.7. The molecule has 1 aliphatic heterocycles.